The molecule has 1 aliphatic rings. The van der Waals surface area contributed by atoms with E-state index in [4.69, 9.17) is 10.8 Å². The fourth-order valence-corrected chi connectivity index (χ4v) is 2.81. The number of aliphatic carboxylic acids is 1. The summed E-state index contributed by atoms with van der Waals surface area (Å²) in [5.41, 5.74) is 5.44. The third-order valence-corrected chi connectivity index (χ3v) is 4.25. The molecule has 94 valence electrons. The van der Waals surface area contributed by atoms with Gasteiger partial charge >= 0.3 is 5.97 Å². The lowest BCUT2D eigenvalue weighted by molar-refractivity contribution is -0.139. The quantitative estimate of drug-likeness (QED) is 0.698. The van der Waals surface area contributed by atoms with E-state index in [2.05, 4.69) is 0 Å². The van der Waals surface area contributed by atoms with Gasteiger partial charge in [-0.3, -0.25) is 4.79 Å². The first-order valence-corrected chi connectivity index (χ1v) is 7.09. The molecule has 1 aliphatic heterocycles. The molecule has 16 heavy (non-hydrogen) atoms. The average Bonchev–Trinajstić information content (AvgIpc) is 2.17. The lowest BCUT2D eigenvalue weighted by atomic mass is 9.91. The second-order valence-corrected chi connectivity index (χ2v) is 6.27. The summed E-state index contributed by atoms with van der Waals surface area (Å²) in [6, 6.07) is -0.838. The highest BCUT2D eigenvalue weighted by Gasteiger charge is 2.27. The van der Waals surface area contributed by atoms with Gasteiger partial charge in [-0.25, -0.2) is 12.7 Å². The maximum Gasteiger partial charge on any atom is 0.320 e. The van der Waals surface area contributed by atoms with Crippen LogP contribution in [0, 0.1) is 5.92 Å². The Labute approximate surface area is 95.5 Å². The van der Waals surface area contributed by atoms with Crippen LogP contribution in [0.1, 0.15) is 19.3 Å². The summed E-state index contributed by atoms with van der Waals surface area (Å²) in [4.78, 5) is 10.6. The van der Waals surface area contributed by atoms with Crippen molar-refractivity contribution in [3.63, 3.8) is 0 Å². The molecule has 0 aromatic heterocycles. The molecule has 1 rings (SSSR count). The molecule has 0 radical (unpaired) electrons. The molecule has 1 unspecified atom stereocenters. The maximum atomic E-state index is 11.2. The zero-order valence-corrected chi connectivity index (χ0v) is 10.1. The summed E-state index contributed by atoms with van der Waals surface area (Å²) < 4.78 is 23.9. The number of carboxylic acids is 1. The van der Waals surface area contributed by atoms with E-state index in [0.29, 0.717) is 32.4 Å². The van der Waals surface area contributed by atoms with Crippen molar-refractivity contribution in [3.8, 4) is 0 Å². The van der Waals surface area contributed by atoms with Crippen LogP contribution in [0.5, 0.6) is 0 Å². The van der Waals surface area contributed by atoms with E-state index in [1.54, 1.807) is 0 Å². The number of carbonyl (C=O) groups is 1. The number of hydrogen-bond acceptors (Lipinski definition) is 4. The molecule has 6 nitrogen and oxygen atoms in total. The topological polar surface area (TPSA) is 101 Å². The van der Waals surface area contributed by atoms with Crippen molar-refractivity contribution in [1.29, 1.82) is 0 Å². The fraction of sp³-hybridized carbons (Fsp3) is 0.889. The van der Waals surface area contributed by atoms with Crippen molar-refractivity contribution in [1.82, 2.24) is 4.31 Å². The molecule has 0 saturated carbocycles. The number of nitrogens with zero attached hydrogens (tertiary/aromatic N) is 1. The Morgan fingerprint density at radius 3 is 2.38 bits per heavy atom. The molecule has 0 aliphatic carbocycles. The zero-order valence-electron chi connectivity index (χ0n) is 9.30. The number of rotatable bonds is 4. The minimum atomic E-state index is -3.11. The van der Waals surface area contributed by atoms with Crippen molar-refractivity contribution in [2.45, 2.75) is 25.3 Å². The van der Waals surface area contributed by atoms with E-state index in [-0.39, 0.29) is 5.92 Å². The lowest BCUT2D eigenvalue weighted by Gasteiger charge is -2.30. The Morgan fingerprint density at radius 2 is 2.00 bits per heavy atom. The van der Waals surface area contributed by atoms with Gasteiger partial charge in [0, 0.05) is 13.1 Å². The number of carboxylic acid groups (broad SMARTS) is 1. The van der Waals surface area contributed by atoms with E-state index in [0.717, 1.165) is 0 Å². The normalized spacial score (nSPS) is 21.9. The second-order valence-electron chi connectivity index (χ2n) is 4.29. The van der Waals surface area contributed by atoms with Crippen LogP contribution in [0.4, 0.5) is 0 Å². The molecule has 7 heteroatoms. The first-order valence-electron chi connectivity index (χ1n) is 5.24. The minimum absolute atomic E-state index is 0.212. The van der Waals surface area contributed by atoms with Gasteiger partial charge < -0.3 is 10.8 Å². The molecule has 0 aromatic rings. The van der Waals surface area contributed by atoms with Crippen molar-refractivity contribution in [2.75, 3.05) is 19.3 Å². The molecule has 1 atom stereocenters. The largest absolute Gasteiger partial charge is 0.480 e. The Kier molecular flexibility index (Phi) is 4.28. The van der Waals surface area contributed by atoms with Crippen LogP contribution in [0.3, 0.4) is 0 Å². The summed E-state index contributed by atoms with van der Waals surface area (Å²) >= 11 is 0. The summed E-state index contributed by atoms with van der Waals surface area (Å²) in [5, 5.41) is 8.66. The minimum Gasteiger partial charge on any atom is -0.480 e. The van der Waals surface area contributed by atoms with Crippen LogP contribution in [-0.2, 0) is 14.8 Å². The maximum absolute atomic E-state index is 11.2. The van der Waals surface area contributed by atoms with Crippen molar-refractivity contribution < 1.29 is 18.3 Å². The van der Waals surface area contributed by atoms with Crippen LogP contribution in [0.15, 0.2) is 0 Å². The van der Waals surface area contributed by atoms with Gasteiger partial charge in [0.15, 0.2) is 0 Å². The Morgan fingerprint density at radius 1 is 1.50 bits per heavy atom. The molecule has 1 fully saturated rings. The highest BCUT2D eigenvalue weighted by Crippen LogP contribution is 2.22. The summed E-state index contributed by atoms with van der Waals surface area (Å²) in [7, 11) is -3.11. The van der Waals surface area contributed by atoms with Crippen LogP contribution in [0.2, 0.25) is 0 Å². The SMILES string of the molecule is CS(=O)(=O)N1CCC(CC(N)C(=O)O)CC1. The third kappa shape index (κ3) is 3.73. The van der Waals surface area contributed by atoms with Gasteiger partial charge in [0.2, 0.25) is 10.0 Å². The van der Waals surface area contributed by atoms with Gasteiger partial charge in [0.25, 0.3) is 0 Å². The van der Waals surface area contributed by atoms with Gasteiger partial charge in [0.1, 0.15) is 6.04 Å². The summed E-state index contributed by atoms with van der Waals surface area (Å²) in [6.07, 6.45) is 2.99. The van der Waals surface area contributed by atoms with E-state index in [1.165, 1.54) is 10.6 Å². The number of piperidine rings is 1. The van der Waals surface area contributed by atoms with Crippen LogP contribution < -0.4 is 5.73 Å². The van der Waals surface area contributed by atoms with Gasteiger partial charge in [-0.2, -0.15) is 0 Å². The van der Waals surface area contributed by atoms with Crippen molar-refractivity contribution >= 4 is 16.0 Å². The first-order chi connectivity index (χ1) is 7.30. The van der Waals surface area contributed by atoms with Crippen LogP contribution in [0.25, 0.3) is 0 Å². The highest BCUT2D eigenvalue weighted by atomic mass is 32.2. The molecule has 0 aromatic carbocycles. The van der Waals surface area contributed by atoms with Crippen LogP contribution in [-0.4, -0.2) is 49.2 Å². The summed E-state index contributed by atoms with van der Waals surface area (Å²) in [5.74, 6) is -0.783. The van der Waals surface area contributed by atoms with Gasteiger partial charge in [0.05, 0.1) is 6.26 Å². The molecule has 3 N–H and O–H groups in total. The number of sulfonamides is 1. The Bertz CT molecular complexity index is 347. The Balaban J connectivity index is 2.41. The van der Waals surface area contributed by atoms with E-state index >= 15 is 0 Å². The molecule has 0 spiro atoms. The predicted molar refractivity (Wildman–Crippen MR) is 59.4 cm³/mol. The zero-order chi connectivity index (χ0) is 12.3. The van der Waals surface area contributed by atoms with E-state index in [1.807, 2.05) is 0 Å². The molecule has 1 heterocycles. The van der Waals surface area contributed by atoms with E-state index in [9.17, 15) is 13.2 Å². The smallest absolute Gasteiger partial charge is 0.320 e. The van der Waals surface area contributed by atoms with Gasteiger partial charge in [-0.15, -0.1) is 0 Å². The lowest BCUT2D eigenvalue weighted by Crippen LogP contribution is -2.40. The number of nitrogens with two attached hydrogens (primary N) is 1. The molecule has 0 bridgehead atoms. The highest BCUT2D eigenvalue weighted by molar-refractivity contribution is 7.88. The van der Waals surface area contributed by atoms with Crippen molar-refractivity contribution in [2.24, 2.45) is 11.7 Å². The second kappa shape index (κ2) is 5.11. The van der Waals surface area contributed by atoms with Crippen LogP contribution >= 0.6 is 0 Å². The standard InChI is InChI=1S/C9H18N2O4S/c1-16(14,15)11-4-2-7(3-5-11)6-8(10)9(12)13/h7-8H,2-6,10H2,1H3,(H,12,13). The fourth-order valence-electron chi connectivity index (χ4n) is 1.94. The van der Waals surface area contributed by atoms with Gasteiger partial charge in [-0.1, -0.05) is 0 Å². The average molecular weight is 250 g/mol. The number of hydrogen-bond donors (Lipinski definition) is 2. The Hall–Kier alpha value is -0.660. The predicted octanol–water partition coefficient (Wildman–Crippen LogP) is -0.540. The van der Waals surface area contributed by atoms with E-state index < -0.39 is 22.0 Å². The monoisotopic (exact) mass is 250 g/mol. The molecular weight excluding hydrogens is 232 g/mol. The third-order valence-electron chi connectivity index (χ3n) is 2.95. The van der Waals surface area contributed by atoms with Crippen molar-refractivity contribution in [3.05, 3.63) is 0 Å². The van der Waals surface area contributed by atoms with Gasteiger partial charge in [-0.05, 0) is 25.2 Å². The molecular formula is C9H18N2O4S. The molecule has 1 saturated heterocycles. The summed E-state index contributed by atoms with van der Waals surface area (Å²) in [6.45, 7) is 0.936. The first kappa shape index (κ1) is 13.4. The molecule has 0 amide bonds.